The minimum Gasteiger partial charge on any atom is -0.508 e. The zero-order chi connectivity index (χ0) is 25.4. The van der Waals surface area contributed by atoms with Crippen LogP contribution in [0.3, 0.4) is 0 Å². The van der Waals surface area contributed by atoms with Gasteiger partial charge in [-0.05, 0) is 63.8 Å². The summed E-state index contributed by atoms with van der Waals surface area (Å²) >= 11 is 0. The van der Waals surface area contributed by atoms with Crippen LogP contribution in [0.15, 0.2) is 48.5 Å². The van der Waals surface area contributed by atoms with Crippen LogP contribution in [-0.4, -0.2) is 28.6 Å². The lowest BCUT2D eigenvalue weighted by molar-refractivity contribution is -0.274. The molecule has 2 aliphatic rings. The molecule has 1 saturated heterocycles. The molecule has 1 aliphatic heterocycles. The summed E-state index contributed by atoms with van der Waals surface area (Å²) in [5, 5.41) is 10.4. The van der Waals surface area contributed by atoms with Gasteiger partial charge in [0.1, 0.15) is 17.1 Å². The Kier molecular flexibility index (Phi) is 6.76. The molecule has 1 heterocycles. The molecular weight excluding hydrogens is 463 g/mol. The van der Waals surface area contributed by atoms with Crippen LogP contribution in [0.2, 0.25) is 0 Å². The van der Waals surface area contributed by atoms with E-state index < -0.39 is 35.3 Å². The van der Waals surface area contributed by atoms with Crippen LogP contribution < -0.4 is 10.2 Å². The van der Waals surface area contributed by atoms with E-state index in [0.29, 0.717) is 25.7 Å². The number of phenolic OH excluding ortho intramolecular Hbond substituents is 1. The van der Waals surface area contributed by atoms with E-state index in [1.54, 1.807) is 0 Å². The highest BCUT2D eigenvalue weighted by Gasteiger charge is 2.55. The van der Waals surface area contributed by atoms with E-state index in [4.69, 9.17) is 9.57 Å². The Labute approximate surface area is 202 Å². The summed E-state index contributed by atoms with van der Waals surface area (Å²) in [5.41, 5.74) is 2.61. The smallest absolute Gasteiger partial charge is 0.508 e. The van der Waals surface area contributed by atoms with Gasteiger partial charge in [0.05, 0.1) is 17.6 Å². The summed E-state index contributed by atoms with van der Waals surface area (Å²) in [6.07, 6.45) is -2.53. The van der Waals surface area contributed by atoms with E-state index in [-0.39, 0.29) is 23.2 Å². The van der Waals surface area contributed by atoms with Crippen molar-refractivity contribution in [2.45, 2.75) is 76.0 Å². The van der Waals surface area contributed by atoms with E-state index in [1.807, 2.05) is 51.1 Å². The van der Waals surface area contributed by atoms with Gasteiger partial charge in [-0.15, -0.1) is 13.2 Å². The summed E-state index contributed by atoms with van der Waals surface area (Å²) in [7, 11) is 0. The van der Waals surface area contributed by atoms with Crippen LogP contribution in [0.25, 0.3) is 0 Å². The topological polar surface area (TPSA) is 77.0 Å². The van der Waals surface area contributed by atoms with E-state index in [0.717, 1.165) is 17.7 Å². The zero-order valence-electron chi connectivity index (χ0n) is 19.9. The number of hydrogen-bond acceptors (Lipinski definition) is 6. The second-order valence-electron chi connectivity index (χ2n) is 10.2. The number of carbonyl (C=O) groups excluding carboxylic acids is 1. The molecule has 1 aliphatic carbocycles. The zero-order valence-corrected chi connectivity index (χ0v) is 19.9. The van der Waals surface area contributed by atoms with Gasteiger partial charge in [0.2, 0.25) is 0 Å². The van der Waals surface area contributed by atoms with Gasteiger partial charge in [-0.2, -0.15) is 5.48 Å². The van der Waals surface area contributed by atoms with Crippen molar-refractivity contribution in [1.82, 2.24) is 5.48 Å². The first-order chi connectivity index (χ1) is 16.4. The molecule has 0 aromatic heterocycles. The molecule has 4 atom stereocenters. The molecular formula is C26H30F3NO5. The van der Waals surface area contributed by atoms with Crippen LogP contribution in [0.4, 0.5) is 13.2 Å². The fourth-order valence-electron chi connectivity index (χ4n) is 5.28. The Morgan fingerprint density at radius 3 is 2.51 bits per heavy atom. The molecule has 2 aromatic carbocycles. The number of hydrogen-bond donors (Lipinski definition) is 2. The molecule has 9 heteroatoms. The highest BCUT2D eigenvalue weighted by molar-refractivity contribution is 5.75. The van der Waals surface area contributed by atoms with Gasteiger partial charge in [-0.25, -0.2) is 0 Å². The monoisotopic (exact) mass is 493 g/mol. The third-order valence-electron chi connectivity index (χ3n) is 6.51. The molecule has 35 heavy (non-hydrogen) atoms. The van der Waals surface area contributed by atoms with Gasteiger partial charge in [-0.1, -0.05) is 30.3 Å². The fraction of sp³-hybridized carbons (Fsp3) is 0.500. The highest BCUT2D eigenvalue weighted by Crippen LogP contribution is 2.54. The van der Waals surface area contributed by atoms with Crippen molar-refractivity contribution < 1.29 is 37.4 Å². The third-order valence-corrected chi connectivity index (χ3v) is 6.51. The van der Waals surface area contributed by atoms with Gasteiger partial charge >= 0.3 is 12.3 Å². The first kappa shape index (κ1) is 25.3. The minimum absolute atomic E-state index is 0.173. The van der Waals surface area contributed by atoms with E-state index in [2.05, 4.69) is 10.2 Å². The number of ether oxygens (including phenoxy) is 2. The molecule has 6 nitrogen and oxygen atoms in total. The number of nitrogens with one attached hydrogen (secondary N) is 1. The largest absolute Gasteiger partial charge is 0.573 e. The number of hydroxylamine groups is 1. The predicted octanol–water partition coefficient (Wildman–Crippen LogP) is 5.92. The van der Waals surface area contributed by atoms with E-state index in [1.165, 1.54) is 6.07 Å². The Morgan fingerprint density at radius 1 is 1.14 bits per heavy atom. The van der Waals surface area contributed by atoms with Crippen LogP contribution in [0.1, 0.15) is 69.5 Å². The van der Waals surface area contributed by atoms with Gasteiger partial charge in [-0.3, -0.25) is 9.63 Å². The second kappa shape index (κ2) is 9.35. The van der Waals surface area contributed by atoms with Crippen LogP contribution in [-0.2, 0) is 14.4 Å². The number of alkyl halides is 3. The Hall–Kier alpha value is -2.78. The van der Waals surface area contributed by atoms with Crippen LogP contribution in [0.5, 0.6) is 11.5 Å². The summed E-state index contributed by atoms with van der Waals surface area (Å²) in [5.74, 6) is -1.71. The maximum Gasteiger partial charge on any atom is 0.573 e. The van der Waals surface area contributed by atoms with Crippen molar-refractivity contribution in [1.29, 1.82) is 0 Å². The van der Waals surface area contributed by atoms with Crippen molar-refractivity contribution in [3.8, 4) is 11.5 Å². The maximum atomic E-state index is 13.3. The third kappa shape index (κ3) is 5.73. The molecule has 2 N–H and O–H groups in total. The Bertz CT molecular complexity index is 1050. The van der Waals surface area contributed by atoms with Crippen molar-refractivity contribution in [3.63, 3.8) is 0 Å². The molecule has 4 rings (SSSR count). The average molecular weight is 494 g/mol. The summed E-state index contributed by atoms with van der Waals surface area (Å²) in [6, 6.07) is 12.4. The van der Waals surface area contributed by atoms with E-state index in [9.17, 15) is 23.1 Å². The normalized spacial score (nSPS) is 27.1. The summed E-state index contributed by atoms with van der Waals surface area (Å²) < 4.78 is 48.0. The number of phenols is 1. The number of benzene rings is 2. The number of carbonyl (C=O) groups is 1. The van der Waals surface area contributed by atoms with Gasteiger partial charge in [0.25, 0.3) is 0 Å². The lowest BCUT2D eigenvalue weighted by atomic mass is 9.64. The van der Waals surface area contributed by atoms with Gasteiger partial charge in [0.15, 0.2) is 0 Å². The van der Waals surface area contributed by atoms with Crippen LogP contribution >= 0.6 is 0 Å². The molecule has 190 valence electrons. The number of rotatable bonds is 4. The van der Waals surface area contributed by atoms with E-state index >= 15 is 0 Å². The summed E-state index contributed by atoms with van der Waals surface area (Å²) in [4.78, 5) is 19.4. The van der Waals surface area contributed by atoms with Crippen LogP contribution in [0, 0.1) is 5.92 Å². The SMILES string of the molecule is CC(C)(C)OC(=O)C1CCC[C@@]2(C[C@@H](c3cc(OC(F)(F)F)ccc3O)NO2)[C@@H]1c1ccccc1. The van der Waals surface area contributed by atoms with Crippen molar-refractivity contribution in [3.05, 3.63) is 59.7 Å². The molecule has 1 spiro atoms. The lowest BCUT2D eigenvalue weighted by Gasteiger charge is -2.44. The summed E-state index contributed by atoms with van der Waals surface area (Å²) in [6.45, 7) is 5.47. The fourth-order valence-corrected chi connectivity index (χ4v) is 5.28. The lowest BCUT2D eigenvalue weighted by Crippen LogP contribution is -2.47. The molecule has 2 aromatic rings. The first-order valence-corrected chi connectivity index (χ1v) is 11.7. The first-order valence-electron chi connectivity index (χ1n) is 11.7. The molecule has 1 saturated carbocycles. The average Bonchev–Trinajstić information content (AvgIpc) is 3.17. The number of aromatic hydroxyl groups is 1. The van der Waals surface area contributed by atoms with Gasteiger partial charge < -0.3 is 14.6 Å². The molecule has 0 amide bonds. The number of halogens is 3. The molecule has 2 fully saturated rings. The van der Waals surface area contributed by atoms with Gasteiger partial charge in [0, 0.05) is 17.9 Å². The highest BCUT2D eigenvalue weighted by atomic mass is 19.4. The van der Waals surface area contributed by atoms with Crippen molar-refractivity contribution >= 4 is 5.97 Å². The molecule has 0 bridgehead atoms. The quantitative estimate of drug-likeness (QED) is 0.515. The standard InChI is InChI=1S/C26H30F3NO5/c1-24(2,3)34-23(32)18-10-7-13-25(22(18)16-8-5-4-6-9-16)15-20(30-35-25)19-14-17(11-12-21(19)31)33-26(27,28)29/h4-6,8-9,11-12,14,18,20,22,30-31H,7,10,13,15H2,1-3H3/t18?,20-,22+,25+/m0/s1. The Morgan fingerprint density at radius 2 is 1.86 bits per heavy atom. The van der Waals surface area contributed by atoms with Crippen molar-refractivity contribution in [2.75, 3.05) is 0 Å². The maximum absolute atomic E-state index is 13.3. The number of esters is 1. The minimum atomic E-state index is -4.85. The second-order valence-corrected chi connectivity index (χ2v) is 10.2. The predicted molar refractivity (Wildman–Crippen MR) is 121 cm³/mol. The molecule has 0 radical (unpaired) electrons. The van der Waals surface area contributed by atoms with Crippen molar-refractivity contribution in [2.24, 2.45) is 5.92 Å². The molecule has 1 unspecified atom stereocenters. The Balaban J connectivity index is 1.67.